The zero-order valence-corrected chi connectivity index (χ0v) is 12.6. The summed E-state index contributed by atoms with van der Waals surface area (Å²) in [5.41, 5.74) is 3.30. The minimum atomic E-state index is 0.108. The molecule has 0 bridgehead atoms. The van der Waals surface area contributed by atoms with Gasteiger partial charge in [0.2, 0.25) is 0 Å². The van der Waals surface area contributed by atoms with Crippen molar-refractivity contribution >= 4 is 0 Å². The van der Waals surface area contributed by atoms with Crippen LogP contribution in [0.15, 0.2) is 16.5 Å². The Bertz CT molecular complexity index is 572. The van der Waals surface area contributed by atoms with Gasteiger partial charge in [-0.1, -0.05) is 0 Å². The molecule has 0 saturated heterocycles. The van der Waals surface area contributed by atoms with E-state index in [4.69, 9.17) is 9.52 Å². The Hall–Kier alpha value is -1.59. The second-order valence-corrected chi connectivity index (χ2v) is 5.15. The maximum absolute atomic E-state index is 9.02. The quantitative estimate of drug-likeness (QED) is 0.850. The third-order valence-corrected chi connectivity index (χ3v) is 3.62. The van der Waals surface area contributed by atoms with E-state index in [0.717, 1.165) is 29.5 Å². The van der Waals surface area contributed by atoms with Gasteiger partial charge in [0, 0.05) is 17.8 Å². The molecule has 0 aliphatic heterocycles. The van der Waals surface area contributed by atoms with Crippen molar-refractivity contribution in [3.05, 3.63) is 40.6 Å². The summed E-state index contributed by atoms with van der Waals surface area (Å²) in [6.45, 7) is 9.46. The van der Waals surface area contributed by atoms with Crippen LogP contribution in [0.4, 0.5) is 0 Å². The Kier molecular flexibility index (Phi) is 4.62. The average Bonchev–Trinajstić information content (AvgIpc) is 2.94. The van der Waals surface area contributed by atoms with Crippen molar-refractivity contribution in [2.24, 2.45) is 0 Å². The standard InChI is InChI=1S/C15H23N3O2/c1-10-5-6-15(20-10)12(3)16-9-14-11(2)17-18(7-8-19)13(14)4/h5-6,12,16,19H,7-9H2,1-4H3. The van der Waals surface area contributed by atoms with E-state index in [-0.39, 0.29) is 12.6 Å². The van der Waals surface area contributed by atoms with Crippen LogP contribution in [0, 0.1) is 20.8 Å². The molecule has 20 heavy (non-hydrogen) atoms. The Morgan fingerprint density at radius 1 is 1.35 bits per heavy atom. The molecule has 110 valence electrons. The zero-order valence-electron chi connectivity index (χ0n) is 12.6. The lowest BCUT2D eigenvalue weighted by atomic mass is 10.1. The Morgan fingerprint density at radius 3 is 2.70 bits per heavy atom. The third-order valence-electron chi connectivity index (χ3n) is 3.62. The lowest BCUT2D eigenvalue weighted by molar-refractivity contribution is 0.267. The van der Waals surface area contributed by atoms with E-state index < -0.39 is 0 Å². The summed E-state index contributed by atoms with van der Waals surface area (Å²) in [4.78, 5) is 0. The smallest absolute Gasteiger partial charge is 0.120 e. The molecule has 0 amide bonds. The number of aryl methyl sites for hydroxylation is 2. The number of hydrogen-bond acceptors (Lipinski definition) is 4. The monoisotopic (exact) mass is 277 g/mol. The molecule has 5 heteroatoms. The number of aliphatic hydroxyl groups excluding tert-OH is 1. The summed E-state index contributed by atoms with van der Waals surface area (Å²) in [5.74, 6) is 1.87. The SMILES string of the molecule is Cc1ccc(C(C)NCc2c(C)nn(CCO)c2C)o1. The van der Waals surface area contributed by atoms with Gasteiger partial charge in [-0.15, -0.1) is 0 Å². The van der Waals surface area contributed by atoms with Crippen LogP contribution in [-0.4, -0.2) is 21.5 Å². The van der Waals surface area contributed by atoms with E-state index in [1.165, 1.54) is 5.56 Å². The maximum Gasteiger partial charge on any atom is 0.120 e. The second-order valence-electron chi connectivity index (χ2n) is 5.15. The normalized spacial score (nSPS) is 12.8. The highest BCUT2D eigenvalue weighted by Gasteiger charge is 2.14. The van der Waals surface area contributed by atoms with Crippen LogP contribution in [0.5, 0.6) is 0 Å². The number of aliphatic hydroxyl groups is 1. The van der Waals surface area contributed by atoms with Gasteiger partial charge in [0.1, 0.15) is 11.5 Å². The third kappa shape index (κ3) is 3.11. The summed E-state index contributed by atoms with van der Waals surface area (Å²) < 4.78 is 7.48. The van der Waals surface area contributed by atoms with Crippen LogP contribution in [0.3, 0.4) is 0 Å². The van der Waals surface area contributed by atoms with Crippen LogP contribution in [0.2, 0.25) is 0 Å². The van der Waals surface area contributed by atoms with Crippen molar-refractivity contribution < 1.29 is 9.52 Å². The molecule has 5 nitrogen and oxygen atoms in total. The van der Waals surface area contributed by atoms with Gasteiger partial charge in [-0.2, -0.15) is 5.10 Å². The van der Waals surface area contributed by atoms with Crippen molar-refractivity contribution in [1.29, 1.82) is 0 Å². The topological polar surface area (TPSA) is 63.2 Å². The van der Waals surface area contributed by atoms with E-state index in [0.29, 0.717) is 6.54 Å². The fourth-order valence-corrected chi connectivity index (χ4v) is 2.34. The summed E-state index contributed by atoms with van der Waals surface area (Å²) in [5, 5.41) is 16.9. The molecule has 0 aliphatic rings. The zero-order chi connectivity index (χ0) is 14.7. The minimum absolute atomic E-state index is 0.108. The molecular weight excluding hydrogens is 254 g/mol. The number of aromatic nitrogens is 2. The molecule has 2 aromatic rings. The van der Waals surface area contributed by atoms with Crippen molar-refractivity contribution in [1.82, 2.24) is 15.1 Å². The molecule has 2 rings (SSSR count). The number of rotatable bonds is 6. The average molecular weight is 277 g/mol. The summed E-state index contributed by atoms with van der Waals surface area (Å²) >= 11 is 0. The van der Waals surface area contributed by atoms with Crippen LogP contribution in [0.1, 0.15) is 41.4 Å². The number of nitrogens with one attached hydrogen (secondary N) is 1. The van der Waals surface area contributed by atoms with Crippen LogP contribution in [0.25, 0.3) is 0 Å². The van der Waals surface area contributed by atoms with E-state index in [1.807, 2.05) is 37.6 Å². The predicted molar refractivity (Wildman–Crippen MR) is 77.5 cm³/mol. The molecule has 1 atom stereocenters. The maximum atomic E-state index is 9.02. The molecule has 0 aliphatic carbocycles. The first-order chi connectivity index (χ1) is 9.52. The lowest BCUT2D eigenvalue weighted by Gasteiger charge is -2.12. The number of hydrogen-bond donors (Lipinski definition) is 2. The van der Waals surface area contributed by atoms with Crippen molar-refractivity contribution in [3.63, 3.8) is 0 Å². The Morgan fingerprint density at radius 2 is 2.10 bits per heavy atom. The largest absolute Gasteiger partial charge is 0.465 e. The number of nitrogens with zero attached hydrogens (tertiary/aromatic N) is 2. The molecular formula is C15H23N3O2. The van der Waals surface area contributed by atoms with Gasteiger partial charge < -0.3 is 14.8 Å². The summed E-state index contributed by atoms with van der Waals surface area (Å²) in [6, 6.07) is 4.13. The van der Waals surface area contributed by atoms with Crippen molar-refractivity contribution in [2.75, 3.05) is 6.61 Å². The highest BCUT2D eigenvalue weighted by atomic mass is 16.3. The highest BCUT2D eigenvalue weighted by molar-refractivity contribution is 5.24. The minimum Gasteiger partial charge on any atom is -0.465 e. The molecule has 1 unspecified atom stereocenters. The van der Waals surface area contributed by atoms with Gasteiger partial charge in [-0.05, 0) is 39.8 Å². The van der Waals surface area contributed by atoms with Gasteiger partial charge >= 0.3 is 0 Å². The van der Waals surface area contributed by atoms with Gasteiger partial charge in [0.05, 0.1) is 24.9 Å². The molecule has 2 N–H and O–H groups in total. The molecule has 2 heterocycles. The molecule has 0 radical (unpaired) electrons. The van der Waals surface area contributed by atoms with Crippen molar-refractivity contribution in [3.8, 4) is 0 Å². The fourth-order valence-electron chi connectivity index (χ4n) is 2.34. The first-order valence-electron chi connectivity index (χ1n) is 6.96. The van der Waals surface area contributed by atoms with E-state index in [2.05, 4.69) is 17.3 Å². The van der Waals surface area contributed by atoms with Crippen LogP contribution >= 0.6 is 0 Å². The predicted octanol–water partition coefficient (Wildman–Crippen LogP) is 2.24. The molecule has 2 aromatic heterocycles. The first kappa shape index (κ1) is 14.8. The first-order valence-corrected chi connectivity index (χ1v) is 6.96. The Labute approximate surface area is 119 Å². The summed E-state index contributed by atoms with van der Waals surface area (Å²) in [6.07, 6.45) is 0. The number of furan rings is 1. The van der Waals surface area contributed by atoms with Gasteiger partial charge in [0.15, 0.2) is 0 Å². The Balaban J connectivity index is 2.03. The van der Waals surface area contributed by atoms with Gasteiger partial charge in [-0.3, -0.25) is 4.68 Å². The summed E-state index contributed by atoms with van der Waals surface area (Å²) in [7, 11) is 0. The molecule has 0 spiro atoms. The van der Waals surface area contributed by atoms with Crippen molar-refractivity contribution in [2.45, 2.75) is 46.8 Å². The van der Waals surface area contributed by atoms with Gasteiger partial charge in [-0.25, -0.2) is 0 Å². The molecule has 0 fully saturated rings. The van der Waals surface area contributed by atoms with Gasteiger partial charge in [0.25, 0.3) is 0 Å². The van der Waals surface area contributed by atoms with Crippen LogP contribution in [-0.2, 0) is 13.1 Å². The second kappa shape index (κ2) is 6.24. The molecule has 0 saturated carbocycles. The lowest BCUT2D eigenvalue weighted by Crippen LogP contribution is -2.18. The van der Waals surface area contributed by atoms with E-state index >= 15 is 0 Å². The fraction of sp³-hybridized carbons (Fsp3) is 0.533. The van der Waals surface area contributed by atoms with E-state index in [9.17, 15) is 0 Å². The highest BCUT2D eigenvalue weighted by Crippen LogP contribution is 2.18. The van der Waals surface area contributed by atoms with E-state index in [1.54, 1.807) is 0 Å². The molecule has 0 aromatic carbocycles. The van der Waals surface area contributed by atoms with Crippen LogP contribution < -0.4 is 5.32 Å².